The van der Waals surface area contributed by atoms with Crippen LogP contribution in [-0.4, -0.2) is 12.4 Å². The fourth-order valence-electron chi connectivity index (χ4n) is 1.31. The van der Waals surface area contributed by atoms with Crippen molar-refractivity contribution in [3.05, 3.63) is 48.6 Å². The van der Waals surface area contributed by atoms with Gasteiger partial charge < -0.3 is 9.53 Å². The summed E-state index contributed by atoms with van der Waals surface area (Å²) in [5, 5.41) is 0. The molecule has 0 aliphatic rings. The number of aldehydes is 1. The highest BCUT2D eigenvalue weighted by Gasteiger charge is 2.06. The van der Waals surface area contributed by atoms with Crippen LogP contribution < -0.4 is 0 Å². The summed E-state index contributed by atoms with van der Waals surface area (Å²) in [5.41, 5.74) is 1.12. The molecule has 0 radical (unpaired) electrons. The van der Waals surface area contributed by atoms with E-state index in [0.29, 0.717) is 19.4 Å². The van der Waals surface area contributed by atoms with Crippen molar-refractivity contribution >= 4 is 6.29 Å². The third kappa shape index (κ3) is 4.56. The summed E-state index contributed by atoms with van der Waals surface area (Å²) in [5.74, 6) is 0. The van der Waals surface area contributed by atoms with Crippen LogP contribution in [0.15, 0.2) is 43.0 Å². The highest BCUT2D eigenvalue weighted by Crippen LogP contribution is 2.08. The second-order valence-corrected chi connectivity index (χ2v) is 3.35. The van der Waals surface area contributed by atoms with Gasteiger partial charge in [-0.25, -0.2) is 0 Å². The molecule has 2 heteroatoms. The maximum absolute atomic E-state index is 10.4. The minimum Gasteiger partial charge on any atom is -0.373 e. The summed E-state index contributed by atoms with van der Waals surface area (Å²) in [6.07, 6.45) is 3.77. The molecule has 0 amide bonds. The molecule has 0 N–H and O–H groups in total. The summed E-state index contributed by atoms with van der Waals surface area (Å²) in [4.78, 5) is 10.4. The molecule has 1 rings (SSSR count). The minimum atomic E-state index is -0.0415. The first-order valence-electron chi connectivity index (χ1n) is 5.07. The molecule has 0 bridgehead atoms. The second kappa shape index (κ2) is 6.96. The number of rotatable bonds is 7. The first kappa shape index (κ1) is 11.7. The van der Waals surface area contributed by atoms with Gasteiger partial charge in [0.2, 0.25) is 0 Å². The lowest BCUT2D eigenvalue weighted by atomic mass is 10.2. The standard InChI is InChI=1S/C13H16O2/c1-2-6-13(9-10-14)15-11-12-7-4-3-5-8-12/h2-5,7-8,10,13H,1,6,9,11H2/t13-/m0/s1. The molecule has 80 valence electrons. The fraction of sp³-hybridized carbons (Fsp3) is 0.308. The van der Waals surface area contributed by atoms with Gasteiger partial charge in [-0.15, -0.1) is 6.58 Å². The molecule has 0 aliphatic heterocycles. The van der Waals surface area contributed by atoms with E-state index < -0.39 is 0 Å². The predicted octanol–water partition coefficient (Wildman–Crippen LogP) is 2.74. The number of carbonyl (C=O) groups is 1. The molecule has 1 aromatic carbocycles. The molecule has 0 spiro atoms. The first-order valence-corrected chi connectivity index (χ1v) is 5.07. The molecule has 0 heterocycles. The van der Waals surface area contributed by atoms with Gasteiger partial charge in [-0.05, 0) is 12.0 Å². The van der Waals surface area contributed by atoms with Crippen LogP contribution in [0.25, 0.3) is 0 Å². The Morgan fingerprint density at radius 1 is 1.27 bits per heavy atom. The van der Waals surface area contributed by atoms with Crippen molar-refractivity contribution in [3.8, 4) is 0 Å². The normalized spacial score (nSPS) is 12.0. The average Bonchev–Trinajstić information content (AvgIpc) is 2.28. The monoisotopic (exact) mass is 204 g/mol. The SMILES string of the molecule is C=CC[C@@H](CC=O)OCc1ccccc1. The van der Waals surface area contributed by atoms with Gasteiger partial charge in [0.05, 0.1) is 12.7 Å². The van der Waals surface area contributed by atoms with Crippen LogP contribution in [0, 0.1) is 0 Å². The van der Waals surface area contributed by atoms with E-state index in [-0.39, 0.29) is 6.10 Å². The quantitative estimate of drug-likeness (QED) is 0.504. The zero-order valence-corrected chi connectivity index (χ0v) is 8.76. The van der Waals surface area contributed by atoms with Crippen molar-refractivity contribution < 1.29 is 9.53 Å². The van der Waals surface area contributed by atoms with E-state index in [4.69, 9.17) is 4.74 Å². The summed E-state index contributed by atoms with van der Waals surface area (Å²) >= 11 is 0. The van der Waals surface area contributed by atoms with Crippen molar-refractivity contribution in [2.24, 2.45) is 0 Å². The Hall–Kier alpha value is -1.41. The van der Waals surface area contributed by atoms with Gasteiger partial charge in [0.15, 0.2) is 0 Å². The first-order chi connectivity index (χ1) is 7.36. The van der Waals surface area contributed by atoms with E-state index in [0.717, 1.165) is 11.8 Å². The number of ether oxygens (including phenoxy) is 1. The molecule has 0 fully saturated rings. The van der Waals surface area contributed by atoms with Crippen molar-refractivity contribution in [3.63, 3.8) is 0 Å². The Labute approximate surface area is 90.6 Å². The Morgan fingerprint density at radius 2 is 2.00 bits per heavy atom. The molecule has 1 atom stereocenters. The fourth-order valence-corrected chi connectivity index (χ4v) is 1.31. The Bertz CT molecular complexity index is 283. The second-order valence-electron chi connectivity index (χ2n) is 3.35. The highest BCUT2D eigenvalue weighted by atomic mass is 16.5. The van der Waals surface area contributed by atoms with Crippen LogP contribution in [-0.2, 0) is 16.1 Å². The lowest BCUT2D eigenvalue weighted by Crippen LogP contribution is -2.12. The van der Waals surface area contributed by atoms with Gasteiger partial charge in [0, 0.05) is 6.42 Å². The van der Waals surface area contributed by atoms with Gasteiger partial charge in [0.1, 0.15) is 6.29 Å². The van der Waals surface area contributed by atoms with Gasteiger partial charge in [-0.3, -0.25) is 0 Å². The van der Waals surface area contributed by atoms with Crippen molar-refractivity contribution in [1.82, 2.24) is 0 Å². The summed E-state index contributed by atoms with van der Waals surface area (Å²) in [6.45, 7) is 4.19. The Balaban J connectivity index is 2.39. The largest absolute Gasteiger partial charge is 0.373 e. The number of benzene rings is 1. The zero-order valence-electron chi connectivity index (χ0n) is 8.76. The van der Waals surface area contributed by atoms with E-state index in [9.17, 15) is 4.79 Å². The smallest absolute Gasteiger partial charge is 0.122 e. The number of hydrogen-bond donors (Lipinski definition) is 0. The predicted molar refractivity (Wildman–Crippen MR) is 60.5 cm³/mol. The van der Waals surface area contributed by atoms with Gasteiger partial charge >= 0.3 is 0 Å². The molecule has 0 saturated carbocycles. The lowest BCUT2D eigenvalue weighted by Gasteiger charge is -2.13. The number of hydrogen-bond acceptors (Lipinski definition) is 2. The highest BCUT2D eigenvalue weighted by molar-refractivity contribution is 5.50. The van der Waals surface area contributed by atoms with Crippen molar-refractivity contribution in [2.75, 3.05) is 0 Å². The third-order valence-electron chi connectivity index (χ3n) is 2.12. The molecule has 1 aromatic rings. The van der Waals surface area contributed by atoms with Crippen molar-refractivity contribution in [1.29, 1.82) is 0 Å². The van der Waals surface area contributed by atoms with E-state index in [1.165, 1.54) is 0 Å². The molecule has 0 aliphatic carbocycles. The van der Waals surface area contributed by atoms with Crippen molar-refractivity contribution in [2.45, 2.75) is 25.6 Å². The topological polar surface area (TPSA) is 26.3 Å². The van der Waals surface area contributed by atoms with Crippen LogP contribution >= 0.6 is 0 Å². The van der Waals surface area contributed by atoms with Gasteiger partial charge in [0.25, 0.3) is 0 Å². The van der Waals surface area contributed by atoms with Crippen LogP contribution in [0.2, 0.25) is 0 Å². The molecule has 0 aromatic heterocycles. The molecule has 2 nitrogen and oxygen atoms in total. The van der Waals surface area contributed by atoms with Gasteiger partial charge in [-0.1, -0.05) is 36.4 Å². The average molecular weight is 204 g/mol. The third-order valence-corrected chi connectivity index (χ3v) is 2.12. The molecular weight excluding hydrogens is 188 g/mol. The summed E-state index contributed by atoms with van der Waals surface area (Å²) in [7, 11) is 0. The van der Waals surface area contributed by atoms with Crippen LogP contribution in [0.4, 0.5) is 0 Å². The molecule has 0 saturated heterocycles. The Morgan fingerprint density at radius 3 is 2.60 bits per heavy atom. The summed E-state index contributed by atoms with van der Waals surface area (Å²) in [6, 6.07) is 9.93. The molecular formula is C13H16O2. The Kier molecular flexibility index (Phi) is 5.41. The van der Waals surface area contributed by atoms with Crippen LogP contribution in [0.3, 0.4) is 0 Å². The van der Waals surface area contributed by atoms with Gasteiger partial charge in [-0.2, -0.15) is 0 Å². The zero-order chi connectivity index (χ0) is 10.9. The number of carbonyl (C=O) groups excluding carboxylic acids is 1. The van der Waals surface area contributed by atoms with E-state index in [1.54, 1.807) is 6.08 Å². The minimum absolute atomic E-state index is 0.0415. The van der Waals surface area contributed by atoms with E-state index in [1.807, 2.05) is 30.3 Å². The maximum Gasteiger partial charge on any atom is 0.122 e. The van der Waals surface area contributed by atoms with E-state index >= 15 is 0 Å². The lowest BCUT2D eigenvalue weighted by molar-refractivity contribution is -0.110. The van der Waals surface area contributed by atoms with E-state index in [2.05, 4.69) is 6.58 Å². The molecule has 0 unspecified atom stereocenters. The molecule has 15 heavy (non-hydrogen) atoms. The summed E-state index contributed by atoms with van der Waals surface area (Å²) < 4.78 is 5.61. The van der Waals surface area contributed by atoms with Crippen LogP contribution in [0.1, 0.15) is 18.4 Å². The maximum atomic E-state index is 10.4. The van der Waals surface area contributed by atoms with Crippen LogP contribution in [0.5, 0.6) is 0 Å².